The van der Waals surface area contributed by atoms with Gasteiger partial charge in [-0.05, 0) is 18.9 Å². The van der Waals surface area contributed by atoms with Crippen LogP contribution < -0.4 is 5.32 Å². The molecule has 1 atom stereocenters. The van der Waals surface area contributed by atoms with E-state index in [-0.39, 0.29) is 11.6 Å². The molecule has 1 aromatic carbocycles. The van der Waals surface area contributed by atoms with Crippen molar-refractivity contribution in [3.8, 4) is 0 Å². The topological polar surface area (TPSA) is 75.1 Å². The van der Waals surface area contributed by atoms with Gasteiger partial charge in [0.05, 0.1) is 17.3 Å². The Morgan fingerprint density at radius 1 is 1.35 bits per heavy atom. The van der Waals surface area contributed by atoms with Gasteiger partial charge in [0.25, 0.3) is 0 Å². The third kappa shape index (κ3) is 3.12. The number of rotatable bonds is 5. The van der Waals surface area contributed by atoms with Crippen LogP contribution in [0.3, 0.4) is 0 Å². The number of carboxylic acid groups (broad SMARTS) is 1. The average molecular weight is 271 g/mol. The van der Waals surface area contributed by atoms with E-state index < -0.39 is 5.97 Å². The number of carbonyl (C=O) groups is 1. The van der Waals surface area contributed by atoms with E-state index in [1.165, 1.54) is 6.20 Å². The van der Waals surface area contributed by atoms with Crippen LogP contribution in [0.25, 0.3) is 0 Å². The zero-order chi connectivity index (χ0) is 14.5. The summed E-state index contributed by atoms with van der Waals surface area (Å²) >= 11 is 0. The van der Waals surface area contributed by atoms with Crippen LogP contribution in [0.5, 0.6) is 0 Å². The van der Waals surface area contributed by atoms with E-state index in [0.29, 0.717) is 11.6 Å². The molecule has 5 nitrogen and oxygen atoms in total. The average Bonchev–Trinajstić information content (AvgIpc) is 2.45. The molecule has 2 N–H and O–H groups in total. The number of aromatic nitrogens is 2. The molecule has 20 heavy (non-hydrogen) atoms. The van der Waals surface area contributed by atoms with E-state index >= 15 is 0 Å². The first-order valence-electron chi connectivity index (χ1n) is 6.50. The van der Waals surface area contributed by atoms with E-state index in [2.05, 4.69) is 22.2 Å². The number of nitrogens with one attached hydrogen (secondary N) is 1. The first kappa shape index (κ1) is 14.0. The molecule has 0 saturated heterocycles. The minimum absolute atomic E-state index is 0.103. The molecule has 5 heteroatoms. The quantitative estimate of drug-likeness (QED) is 0.874. The zero-order valence-electron chi connectivity index (χ0n) is 11.5. The summed E-state index contributed by atoms with van der Waals surface area (Å²) in [5, 5.41) is 12.2. The molecule has 0 aliphatic rings. The van der Waals surface area contributed by atoms with Crippen LogP contribution in [-0.4, -0.2) is 21.0 Å². The summed E-state index contributed by atoms with van der Waals surface area (Å²) < 4.78 is 0. The fourth-order valence-corrected chi connectivity index (χ4v) is 2.01. The van der Waals surface area contributed by atoms with Crippen molar-refractivity contribution in [2.75, 3.05) is 5.32 Å². The van der Waals surface area contributed by atoms with Crippen molar-refractivity contribution in [3.05, 3.63) is 53.3 Å². The lowest BCUT2D eigenvalue weighted by Crippen LogP contribution is -2.13. The van der Waals surface area contributed by atoms with Crippen LogP contribution in [0, 0.1) is 6.92 Å². The minimum Gasteiger partial charge on any atom is -0.478 e. The van der Waals surface area contributed by atoms with Gasteiger partial charge in [0.2, 0.25) is 5.95 Å². The second-order valence-electron chi connectivity index (χ2n) is 4.51. The smallest absolute Gasteiger partial charge is 0.339 e. The van der Waals surface area contributed by atoms with Gasteiger partial charge in [-0.1, -0.05) is 37.3 Å². The van der Waals surface area contributed by atoms with Gasteiger partial charge >= 0.3 is 5.97 Å². The Labute approximate surface area is 117 Å². The summed E-state index contributed by atoms with van der Waals surface area (Å²) in [6.45, 7) is 3.74. The van der Waals surface area contributed by atoms with Crippen molar-refractivity contribution < 1.29 is 9.90 Å². The molecule has 0 aliphatic carbocycles. The normalized spacial score (nSPS) is 11.9. The van der Waals surface area contributed by atoms with Crippen LogP contribution in [0.2, 0.25) is 0 Å². The molecule has 2 aromatic rings. The first-order chi connectivity index (χ1) is 9.61. The van der Waals surface area contributed by atoms with Crippen LogP contribution in [0.4, 0.5) is 5.95 Å². The lowest BCUT2D eigenvalue weighted by atomic mass is 10.1. The summed E-state index contributed by atoms with van der Waals surface area (Å²) in [6.07, 6.45) is 2.22. The van der Waals surface area contributed by atoms with E-state index in [1.807, 2.05) is 30.3 Å². The Morgan fingerprint density at radius 2 is 2.05 bits per heavy atom. The number of nitrogens with zero attached hydrogens (tertiary/aromatic N) is 2. The minimum atomic E-state index is -1.01. The number of benzene rings is 1. The summed E-state index contributed by atoms with van der Waals surface area (Å²) in [4.78, 5) is 19.2. The van der Waals surface area contributed by atoms with Gasteiger partial charge in [-0.3, -0.25) is 0 Å². The molecule has 2 rings (SSSR count). The third-order valence-electron chi connectivity index (χ3n) is 3.12. The molecular formula is C15H17N3O2. The number of aryl methyl sites for hydroxylation is 1. The fraction of sp³-hybridized carbons (Fsp3) is 0.267. The van der Waals surface area contributed by atoms with E-state index in [1.54, 1.807) is 6.92 Å². The predicted octanol–water partition coefficient (Wildman–Crippen LogP) is 3.05. The Kier molecular flexibility index (Phi) is 4.30. The highest BCUT2D eigenvalue weighted by molar-refractivity contribution is 5.88. The molecule has 0 saturated carbocycles. The maximum Gasteiger partial charge on any atom is 0.339 e. The van der Waals surface area contributed by atoms with Gasteiger partial charge in [0, 0.05) is 6.20 Å². The molecule has 1 unspecified atom stereocenters. The number of hydrogen-bond donors (Lipinski definition) is 2. The van der Waals surface area contributed by atoms with Crippen LogP contribution in [-0.2, 0) is 0 Å². The largest absolute Gasteiger partial charge is 0.478 e. The standard InChI is InChI=1S/C15H17N3O2/c1-3-13(11-7-5-4-6-8-11)18-15-16-9-12(14(19)20)10(2)17-15/h4-9,13H,3H2,1-2H3,(H,19,20)(H,16,17,18). The second kappa shape index (κ2) is 6.14. The number of anilines is 1. The summed E-state index contributed by atoms with van der Waals surface area (Å²) in [6, 6.07) is 10.1. The molecule has 0 amide bonds. The van der Waals surface area contributed by atoms with Crippen LogP contribution >= 0.6 is 0 Å². The van der Waals surface area contributed by atoms with Crippen LogP contribution in [0.15, 0.2) is 36.5 Å². The van der Waals surface area contributed by atoms with Gasteiger partial charge in [-0.15, -0.1) is 0 Å². The van der Waals surface area contributed by atoms with Crippen LogP contribution in [0.1, 0.15) is 41.0 Å². The Balaban J connectivity index is 2.20. The molecule has 0 bridgehead atoms. The van der Waals surface area contributed by atoms with Crippen molar-refractivity contribution >= 4 is 11.9 Å². The van der Waals surface area contributed by atoms with E-state index in [0.717, 1.165) is 12.0 Å². The van der Waals surface area contributed by atoms with Gasteiger partial charge in [0.1, 0.15) is 0 Å². The highest BCUT2D eigenvalue weighted by Crippen LogP contribution is 2.20. The molecule has 1 aromatic heterocycles. The van der Waals surface area contributed by atoms with Gasteiger partial charge in [-0.25, -0.2) is 14.8 Å². The summed E-state index contributed by atoms with van der Waals surface area (Å²) in [5.74, 6) is -0.563. The van der Waals surface area contributed by atoms with Gasteiger partial charge in [0.15, 0.2) is 0 Å². The maximum absolute atomic E-state index is 10.9. The third-order valence-corrected chi connectivity index (χ3v) is 3.12. The number of aromatic carboxylic acids is 1. The molecule has 0 aliphatic heterocycles. The Hall–Kier alpha value is -2.43. The lowest BCUT2D eigenvalue weighted by molar-refractivity contribution is 0.0695. The molecule has 0 fully saturated rings. The van der Waals surface area contributed by atoms with E-state index in [9.17, 15) is 4.79 Å². The highest BCUT2D eigenvalue weighted by Gasteiger charge is 2.13. The van der Waals surface area contributed by atoms with Crippen molar-refractivity contribution in [1.29, 1.82) is 0 Å². The lowest BCUT2D eigenvalue weighted by Gasteiger charge is -2.17. The van der Waals surface area contributed by atoms with Gasteiger partial charge < -0.3 is 10.4 Å². The zero-order valence-corrected chi connectivity index (χ0v) is 11.5. The fourth-order valence-electron chi connectivity index (χ4n) is 2.01. The van der Waals surface area contributed by atoms with E-state index in [4.69, 9.17) is 5.11 Å². The Bertz CT molecular complexity index is 599. The monoisotopic (exact) mass is 271 g/mol. The SMILES string of the molecule is CCC(Nc1ncc(C(=O)O)c(C)n1)c1ccccc1. The van der Waals surface area contributed by atoms with Crippen molar-refractivity contribution in [3.63, 3.8) is 0 Å². The molecular weight excluding hydrogens is 254 g/mol. The second-order valence-corrected chi connectivity index (χ2v) is 4.51. The predicted molar refractivity (Wildman–Crippen MR) is 76.8 cm³/mol. The number of hydrogen-bond acceptors (Lipinski definition) is 4. The molecule has 1 heterocycles. The maximum atomic E-state index is 10.9. The summed E-state index contributed by atoms with van der Waals surface area (Å²) in [7, 11) is 0. The van der Waals surface area contributed by atoms with Crippen molar-refractivity contribution in [1.82, 2.24) is 9.97 Å². The highest BCUT2D eigenvalue weighted by atomic mass is 16.4. The molecule has 104 valence electrons. The Morgan fingerprint density at radius 3 is 2.60 bits per heavy atom. The van der Waals surface area contributed by atoms with Crippen molar-refractivity contribution in [2.24, 2.45) is 0 Å². The molecule has 0 radical (unpaired) electrons. The molecule has 0 spiro atoms. The van der Waals surface area contributed by atoms with Crippen molar-refractivity contribution in [2.45, 2.75) is 26.3 Å². The number of carboxylic acids is 1. The summed E-state index contributed by atoms with van der Waals surface area (Å²) in [5.41, 5.74) is 1.74. The first-order valence-corrected chi connectivity index (χ1v) is 6.50. The van der Waals surface area contributed by atoms with Gasteiger partial charge in [-0.2, -0.15) is 0 Å².